The third kappa shape index (κ3) is 1.19. The van der Waals surface area contributed by atoms with E-state index in [2.05, 4.69) is 5.32 Å². The molecule has 0 amide bonds. The number of nitriles is 1. The molecule has 0 saturated carbocycles. The summed E-state index contributed by atoms with van der Waals surface area (Å²) in [5, 5.41) is 24.7. The van der Waals surface area contributed by atoms with Gasteiger partial charge in [-0.1, -0.05) is 24.3 Å². The van der Waals surface area contributed by atoms with Crippen molar-refractivity contribution in [2.45, 2.75) is 12.0 Å². The summed E-state index contributed by atoms with van der Waals surface area (Å²) < 4.78 is 6.06. The van der Waals surface area contributed by atoms with Gasteiger partial charge >= 0.3 is 5.70 Å². The minimum absolute atomic E-state index is 0.250. The molecule has 1 aliphatic carbocycles. The second kappa shape index (κ2) is 4.17. The summed E-state index contributed by atoms with van der Waals surface area (Å²) in [7, 11) is 0. The highest BCUT2D eigenvalue weighted by atomic mass is 16.6. The number of nitrogens with zero attached hydrogens (tertiary/aromatic N) is 3. The van der Waals surface area contributed by atoms with Gasteiger partial charge in [-0.3, -0.25) is 14.9 Å². The summed E-state index contributed by atoms with van der Waals surface area (Å²) >= 11 is 0. The molecule has 0 bridgehead atoms. The second-order valence-electron chi connectivity index (χ2n) is 6.55. The van der Waals surface area contributed by atoms with Gasteiger partial charge in [0, 0.05) is 24.2 Å². The van der Waals surface area contributed by atoms with Crippen molar-refractivity contribution < 1.29 is 14.5 Å². The van der Waals surface area contributed by atoms with Crippen LogP contribution in [-0.2, 0) is 10.5 Å². The number of hydrogen-bond acceptors (Lipinski definition) is 8. The molecular weight excluding hydrogens is 326 g/mol. The fourth-order valence-corrected chi connectivity index (χ4v) is 5.02. The van der Waals surface area contributed by atoms with Crippen LogP contribution in [0.3, 0.4) is 0 Å². The number of carbonyl (C=O) groups excluding carboxylic acids is 1. The van der Waals surface area contributed by atoms with E-state index in [1.807, 2.05) is 6.07 Å². The number of ketones is 1. The Hall–Kier alpha value is -2.96. The molecule has 0 radical (unpaired) electrons. The number of rotatable bonds is 1. The lowest BCUT2D eigenvalue weighted by atomic mass is 9.68. The van der Waals surface area contributed by atoms with Crippen LogP contribution < -0.4 is 11.1 Å². The Bertz CT molecular complexity index is 937. The average Bonchev–Trinajstić information content (AvgIpc) is 3.25. The number of nitro groups is 1. The molecule has 4 atom stereocenters. The lowest BCUT2D eigenvalue weighted by molar-refractivity contribution is -0.441. The smallest absolute Gasteiger partial charge is 0.306 e. The summed E-state index contributed by atoms with van der Waals surface area (Å²) in [6.45, 7) is 0.900. The van der Waals surface area contributed by atoms with Gasteiger partial charge in [0.15, 0.2) is 22.7 Å². The van der Waals surface area contributed by atoms with E-state index in [1.165, 1.54) is 0 Å². The summed E-state index contributed by atoms with van der Waals surface area (Å²) in [6, 6.07) is 8.80. The fraction of sp³-hybridized carbons (Fsp3) is 0.375. The monoisotopic (exact) mass is 339 g/mol. The van der Waals surface area contributed by atoms with Crippen molar-refractivity contribution in [3.8, 4) is 6.07 Å². The quantitative estimate of drug-likeness (QED) is 0.532. The molecule has 2 fully saturated rings. The van der Waals surface area contributed by atoms with Gasteiger partial charge in [0.1, 0.15) is 12.1 Å². The predicted octanol–water partition coefficient (Wildman–Crippen LogP) is -0.159. The molecule has 4 aliphatic rings. The van der Waals surface area contributed by atoms with Crippen LogP contribution in [-0.4, -0.2) is 34.9 Å². The maximum atomic E-state index is 13.5. The normalized spacial score (nSPS) is 37.3. The van der Waals surface area contributed by atoms with Crippen molar-refractivity contribution in [1.82, 2.24) is 10.2 Å². The van der Waals surface area contributed by atoms with E-state index in [1.54, 1.807) is 29.2 Å². The topological polar surface area (TPSA) is 135 Å². The second-order valence-corrected chi connectivity index (χ2v) is 6.55. The number of hydrogen-bond donors (Lipinski definition) is 2. The van der Waals surface area contributed by atoms with Crippen molar-refractivity contribution >= 4 is 5.78 Å². The lowest BCUT2D eigenvalue weighted by Crippen LogP contribution is -2.52. The number of ether oxygens (including phenoxy) is 1. The summed E-state index contributed by atoms with van der Waals surface area (Å²) in [5.74, 6) is -1.38. The van der Waals surface area contributed by atoms with Gasteiger partial charge in [0.05, 0.1) is 11.0 Å². The van der Waals surface area contributed by atoms with Crippen molar-refractivity contribution in [2.24, 2.45) is 17.1 Å². The highest BCUT2D eigenvalue weighted by molar-refractivity contribution is 6.09. The van der Waals surface area contributed by atoms with Crippen LogP contribution in [0, 0.1) is 32.8 Å². The third-order valence-electron chi connectivity index (χ3n) is 5.73. The molecule has 3 aliphatic heterocycles. The van der Waals surface area contributed by atoms with E-state index in [4.69, 9.17) is 10.5 Å². The van der Waals surface area contributed by atoms with Crippen LogP contribution in [0.4, 0.5) is 0 Å². The van der Waals surface area contributed by atoms with Gasteiger partial charge in [-0.05, 0) is 0 Å². The molecule has 1 aromatic carbocycles. The molecule has 126 valence electrons. The van der Waals surface area contributed by atoms with Crippen LogP contribution in [0.25, 0.3) is 0 Å². The van der Waals surface area contributed by atoms with E-state index >= 15 is 0 Å². The summed E-state index contributed by atoms with van der Waals surface area (Å²) in [4.78, 5) is 26.6. The maximum absolute atomic E-state index is 13.5. The van der Waals surface area contributed by atoms with Gasteiger partial charge in [-0.15, -0.1) is 0 Å². The van der Waals surface area contributed by atoms with Crippen molar-refractivity contribution in [3.63, 3.8) is 0 Å². The highest BCUT2D eigenvalue weighted by Crippen LogP contribution is 2.70. The Morgan fingerprint density at radius 1 is 1.48 bits per heavy atom. The SMILES string of the molecule is N#CC1C(N)O[C@]23c4ccccc4C(=O)[C@]12C([N+](=O)[O-])=C1NCCN13. The number of nitrogens with one attached hydrogen (secondary N) is 1. The first-order valence-electron chi connectivity index (χ1n) is 7.89. The van der Waals surface area contributed by atoms with Crippen molar-refractivity contribution in [1.29, 1.82) is 5.26 Å². The fourth-order valence-electron chi connectivity index (χ4n) is 5.02. The van der Waals surface area contributed by atoms with Crippen LogP contribution in [0.1, 0.15) is 15.9 Å². The molecule has 3 N–H and O–H groups in total. The number of carbonyl (C=O) groups is 1. The number of Topliss-reactive ketones (excluding diaryl/α,β-unsaturated/α-hetero) is 1. The number of fused-ring (bicyclic) bond motifs is 2. The molecule has 3 heterocycles. The van der Waals surface area contributed by atoms with Gasteiger partial charge in [-0.25, -0.2) is 0 Å². The zero-order valence-corrected chi connectivity index (χ0v) is 12.9. The van der Waals surface area contributed by atoms with E-state index in [0.29, 0.717) is 24.2 Å². The molecule has 2 saturated heterocycles. The molecule has 0 spiro atoms. The zero-order valence-electron chi connectivity index (χ0n) is 12.9. The predicted molar refractivity (Wildman–Crippen MR) is 81.8 cm³/mol. The Morgan fingerprint density at radius 3 is 2.96 bits per heavy atom. The third-order valence-corrected chi connectivity index (χ3v) is 5.73. The van der Waals surface area contributed by atoms with Crippen LogP contribution in [0.5, 0.6) is 0 Å². The zero-order chi connectivity index (χ0) is 17.6. The highest BCUT2D eigenvalue weighted by Gasteiger charge is 2.86. The van der Waals surface area contributed by atoms with Gasteiger partial charge in [0.2, 0.25) is 0 Å². The summed E-state index contributed by atoms with van der Waals surface area (Å²) in [6.07, 6.45) is -1.10. The van der Waals surface area contributed by atoms with Gasteiger partial charge < -0.3 is 20.7 Å². The first-order valence-corrected chi connectivity index (χ1v) is 7.89. The first-order chi connectivity index (χ1) is 12.0. The average molecular weight is 339 g/mol. The standard InChI is InChI=1S/C16H13N5O4/c17-7-10-13(18)25-16-9-4-2-1-3-8(9)12(22)15(10,16)11(21(23)24)14-19-5-6-20(14)16/h1-4,10,13,19H,5-6,18H2/t10?,13?,15-,16-/m1/s1. The van der Waals surface area contributed by atoms with E-state index in [9.17, 15) is 20.2 Å². The molecule has 25 heavy (non-hydrogen) atoms. The number of nitrogens with two attached hydrogens (primary N) is 1. The molecule has 2 unspecified atom stereocenters. The molecular formula is C16H13N5O4. The summed E-state index contributed by atoms with van der Waals surface area (Å²) in [5.41, 5.74) is 3.39. The van der Waals surface area contributed by atoms with E-state index in [-0.39, 0.29) is 11.5 Å². The largest absolute Gasteiger partial charge is 0.364 e. The Kier molecular flexibility index (Phi) is 2.40. The van der Waals surface area contributed by atoms with Gasteiger partial charge in [-0.2, -0.15) is 5.26 Å². The molecule has 1 aromatic rings. The van der Waals surface area contributed by atoms with Crippen LogP contribution in [0.2, 0.25) is 0 Å². The maximum Gasteiger partial charge on any atom is 0.306 e. The Balaban J connectivity index is 1.95. The van der Waals surface area contributed by atoms with E-state index < -0.39 is 34.0 Å². The Labute approximate surface area is 141 Å². The van der Waals surface area contributed by atoms with Crippen LogP contribution >= 0.6 is 0 Å². The molecule has 9 nitrogen and oxygen atoms in total. The lowest BCUT2D eigenvalue weighted by Gasteiger charge is -2.37. The van der Waals surface area contributed by atoms with Gasteiger partial charge in [0.25, 0.3) is 0 Å². The molecule has 0 aromatic heterocycles. The van der Waals surface area contributed by atoms with Crippen molar-refractivity contribution in [2.75, 3.05) is 13.1 Å². The van der Waals surface area contributed by atoms with E-state index in [0.717, 1.165) is 0 Å². The first kappa shape index (κ1) is 14.4. The van der Waals surface area contributed by atoms with Crippen LogP contribution in [0.15, 0.2) is 35.8 Å². The Morgan fingerprint density at radius 2 is 2.24 bits per heavy atom. The number of benzene rings is 1. The van der Waals surface area contributed by atoms with Crippen molar-refractivity contribution in [3.05, 3.63) is 57.0 Å². The minimum atomic E-state index is -1.77. The molecule has 5 rings (SSSR count). The molecule has 9 heteroatoms. The minimum Gasteiger partial charge on any atom is -0.364 e.